The van der Waals surface area contributed by atoms with Crippen LogP contribution in [-0.2, 0) is 6.42 Å². The Morgan fingerprint density at radius 3 is 2.96 bits per heavy atom. The molecule has 0 bridgehead atoms. The van der Waals surface area contributed by atoms with E-state index in [0.717, 1.165) is 45.1 Å². The predicted molar refractivity (Wildman–Crippen MR) is 95.7 cm³/mol. The summed E-state index contributed by atoms with van der Waals surface area (Å²) in [5, 5.41) is 8.03. The molecular formula is C18H18FN3OSe. The van der Waals surface area contributed by atoms with Gasteiger partial charge in [-0.3, -0.25) is 0 Å². The van der Waals surface area contributed by atoms with E-state index in [0.29, 0.717) is 15.0 Å². The predicted octanol–water partition coefficient (Wildman–Crippen LogP) is 3.07. The van der Waals surface area contributed by atoms with Crippen molar-refractivity contribution in [2.45, 2.75) is 25.1 Å². The van der Waals surface area contributed by atoms with Gasteiger partial charge < -0.3 is 0 Å². The van der Waals surface area contributed by atoms with Crippen molar-refractivity contribution < 1.29 is 9.18 Å². The maximum absolute atomic E-state index is 13.5. The van der Waals surface area contributed by atoms with Gasteiger partial charge >= 0.3 is 146 Å². The normalized spacial score (nSPS) is 15.0. The average molecular weight is 390 g/mol. The Labute approximate surface area is 146 Å². The molecule has 24 heavy (non-hydrogen) atoms. The Balaban J connectivity index is 1.72. The van der Waals surface area contributed by atoms with E-state index in [1.165, 1.54) is 12.1 Å². The first-order valence-corrected chi connectivity index (χ1v) is 9.88. The summed E-state index contributed by atoms with van der Waals surface area (Å²) in [6.07, 6.45) is 1.59. The monoisotopic (exact) mass is 391 g/mol. The molecule has 0 aliphatic carbocycles. The zero-order chi connectivity index (χ0) is 16.9. The van der Waals surface area contributed by atoms with Crippen LogP contribution in [0.15, 0.2) is 47.6 Å². The van der Waals surface area contributed by atoms with E-state index in [1.54, 1.807) is 0 Å². The Hall–Kier alpha value is -2.17. The molecule has 0 saturated heterocycles. The number of carbonyl (C=O) groups is 1. The molecule has 3 rings (SSSR count). The fourth-order valence-electron chi connectivity index (χ4n) is 2.58. The number of benzene rings is 2. The summed E-state index contributed by atoms with van der Waals surface area (Å²) >= 11 is 0.338. The van der Waals surface area contributed by atoms with Crippen LogP contribution in [0.2, 0.25) is 5.32 Å². The summed E-state index contributed by atoms with van der Waals surface area (Å²) in [7, 11) is 0. The molecular weight excluding hydrogens is 372 g/mol. The SMILES string of the molecule is CCc1ccccc1NC(=O)N/N=C1\CC[Se]c2ccc(F)cc21. The fourth-order valence-corrected chi connectivity index (χ4v) is 4.70. The number of hydrogen-bond donors (Lipinski definition) is 2. The summed E-state index contributed by atoms with van der Waals surface area (Å²) in [6.45, 7) is 2.04. The average Bonchev–Trinajstić information content (AvgIpc) is 2.60. The first kappa shape index (κ1) is 16.7. The molecule has 4 nitrogen and oxygen atoms in total. The number of hydrogen-bond acceptors (Lipinski definition) is 2. The van der Waals surface area contributed by atoms with E-state index in [-0.39, 0.29) is 5.82 Å². The molecule has 0 spiro atoms. The van der Waals surface area contributed by atoms with Crippen molar-refractivity contribution in [3.05, 3.63) is 59.4 Å². The number of amides is 2. The number of rotatable bonds is 3. The van der Waals surface area contributed by atoms with E-state index in [1.807, 2.05) is 37.3 Å². The van der Waals surface area contributed by atoms with Gasteiger partial charge in [-0.15, -0.1) is 0 Å². The minimum atomic E-state index is -0.391. The van der Waals surface area contributed by atoms with Gasteiger partial charge in [-0.1, -0.05) is 0 Å². The van der Waals surface area contributed by atoms with E-state index < -0.39 is 6.03 Å². The second kappa shape index (κ2) is 7.60. The van der Waals surface area contributed by atoms with Crippen LogP contribution < -0.4 is 15.2 Å². The molecule has 0 atom stereocenters. The number of nitrogens with zero attached hydrogens (tertiary/aromatic N) is 1. The quantitative estimate of drug-likeness (QED) is 0.614. The Bertz CT molecular complexity index is 792. The zero-order valence-electron chi connectivity index (χ0n) is 13.3. The molecule has 1 aliphatic rings. The Morgan fingerprint density at radius 2 is 2.12 bits per heavy atom. The molecule has 0 saturated carbocycles. The van der Waals surface area contributed by atoms with Crippen LogP contribution in [0.5, 0.6) is 0 Å². The van der Waals surface area contributed by atoms with Crippen LogP contribution >= 0.6 is 0 Å². The van der Waals surface area contributed by atoms with E-state index in [2.05, 4.69) is 15.8 Å². The van der Waals surface area contributed by atoms with Crippen LogP contribution in [0, 0.1) is 5.82 Å². The molecule has 1 aliphatic heterocycles. The van der Waals surface area contributed by atoms with Crippen molar-refractivity contribution in [2.24, 2.45) is 5.10 Å². The Kier molecular flexibility index (Phi) is 5.28. The topological polar surface area (TPSA) is 53.5 Å². The standard InChI is InChI=1S/C18H18FN3OSe/c1-2-12-5-3-4-6-15(12)20-18(23)22-21-16-9-10-24-17-8-7-13(19)11-14(16)17/h3-8,11H,2,9-10H2,1H3,(H2,20,22,23)/b21-16+. The third kappa shape index (κ3) is 3.83. The van der Waals surface area contributed by atoms with Gasteiger partial charge in [0.2, 0.25) is 0 Å². The number of carbonyl (C=O) groups excluding carboxylic acids is 1. The number of para-hydroxylation sites is 1. The second-order valence-electron chi connectivity index (χ2n) is 5.37. The van der Waals surface area contributed by atoms with Crippen molar-refractivity contribution in [1.82, 2.24) is 5.43 Å². The number of fused-ring (bicyclic) bond motifs is 1. The van der Waals surface area contributed by atoms with Gasteiger partial charge in [0.25, 0.3) is 0 Å². The zero-order valence-corrected chi connectivity index (χ0v) is 15.0. The molecule has 0 unspecified atom stereocenters. The molecule has 6 heteroatoms. The van der Waals surface area contributed by atoms with Gasteiger partial charge in [0.15, 0.2) is 0 Å². The van der Waals surface area contributed by atoms with Crippen molar-refractivity contribution in [3.63, 3.8) is 0 Å². The molecule has 0 radical (unpaired) electrons. The fraction of sp³-hybridized carbons (Fsp3) is 0.222. The summed E-state index contributed by atoms with van der Waals surface area (Å²) in [6, 6.07) is 12.1. The van der Waals surface area contributed by atoms with Crippen molar-refractivity contribution in [2.75, 3.05) is 5.32 Å². The maximum atomic E-state index is 13.5. The number of hydrazone groups is 1. The molecule has 2 amide bonds. The van der Waals surface area contributed by atoms with Crippen LogP contribution in [0.4, 0.5) is 14.9 Å². The van der Waals surface area contributed by atoms with E-state index in [9.17, 15) is 9.18 Å². The summed E-state index contributed by atoms with van der Waals surface area (Å²) in [5.41, 5.74) is 5.92. The van der Waals surface area contributed by atoms with Crippen LogP contribution in [-0.4, -0.2) is 26.7 Å². The molecule has 124 valence electrons. The molecule has 0 aromatic heterocycles. The second-order valence-corrected chi connectivity index (χ2v) is 7.76. The number of nitrogens with one attached hydrogen (secondary N) is 2. The summed E-state index contributed by atoms with van der Waals surface area (Å²) in [4.78, 5) is 12.1. The molecule has 0 fully saturated rings. The van der Waals surface area contributed by atoms with Crippen LogP contribution in [0.3, 0.4) is 0 Å². The molecule has 2 N–H and O–H groups in total. The van der Waals surface area contributed by atoms with Crippen LogP contribution in [0.25, 0.3) is 0 Å². The number of anilines is 1. The summed E-state index contributed by atoms with van der Waals surface area (Å²) < 4.78 is 14.6. The molecule has 2 aromatic rings. The third-order valence-corrected chi connectivity index (χ3v) is 6.04. The third-order valence-electron chi connectivity index (χ3n) is 3.79. The van der Waals surface area contributed by atoms with Gasteiger partial charge in [-0.2, -0.15) is 0 Å². The van der Waals surface area contributed by atoms with E-state index >= 15 is 0 Å². The molecule has 1 heterocycles. The van der Waals surface area contributed by atoms with Gasteiger partial charge in [0.05, 0.1) is 0 Å². The van der Waals surface area contributed by atoms with Crippen molar-refractivity contribution in [1.29, 1.82) is 0 Å². The first-order valence-electron chi connectivity index (χ1n) is 7.81. The van der Waals surface area contributed by atoms with Crippen molar-refractivity contribution >= 4 is 36.8 Å². The van der Waals surface area contributed by atoms with Crippen LogP contribution in [0.1, 0.15) is 24.5 Å². The number of halogens is 1. The van der Waals surface area contributed by atoms with Gasteiger partial charge in [0.1, 0.15) is 0 Å². The molecule has 2 aromatic carbocycles. The van der Waals surface area contributed by atoms with Crippen molar-refractivity contribution in [3.8, 4) is 0 Å². The van der Waals surface area contributed by atoms with Gasteiger partial charge in [-0.05, 0) is 0 Å². The van der Waals surface area contributed by atoms with Gasteiger partial charge in [-0.25, -0.2) is 0 Å². The van der Waals surface area contributed by atoms with Gasteiger partial charge in [0, 0.05) is 0 Å². The number of urea groups is 1. The summed E-state index contributed by atoms with van der Waals surface area (Å²) in [5.74, 6) is -0.277. The Morgan fingerprint density at radius 1 is 1.29 bits per heavy atom. The van der Waals surface area contributed by atoms with E-state index in [4.69, 9.17) is 0 Å². The minimum absolute atomic E-state index is 0.277. The number of aryl methyl sites for hydroxylation is 1. The first-order chi connectivity index (χ1) is 11.7.